The number of rotatable bonds is 6. The Labute approximate surface area is 109 Å². The molecule has 6 heteroatoms. The van der Waals surface area contributed by atoms with Crippen LogP contribution in [0.4, 0.5) is 0 Å². The SMILES string of the molecule is CC(CCN)SCC1CCCN(S(C)(=O)=O)C1. The molecule has 0 spiro atoms. The minimum Gasteiger partial charge on any atom is -0.330 e. The lowest BCUT2D eigenvalue weighted by Gasteiger charge is -2.31. The Balaban J connectivity index is 2.35. The summed E-state index contributed by atoms with van der Waals surface area (Å²) in [4.78, 5) is 0. The summed E-state index contributed by atoms with van der Waals surface area (Å²) in [5.74, 6) is 1.55. The molecular weight excluding hydrogens is 256 g/mol. The third kappa shape index (κ3) is 5.59. The summed E-state index contributed by atoms with van der Waals surface area (Å²) in [5, 5.41) is 0.577. The molecule has 0 aromatic carbocycles. The monoisotopic (exact) mass is 280 g/mol. The van der Waals surface area contributed by atoms with Gasteiger partial charge in [0.1, 0.15) is 0 Å². The zero-order valence-electron chi connectivity index (χ0n) is 10.8. The molecule has 0 amide bonds. The normalized spacial score (nSPS) is 24.8. The van der Waals surface area contributed by atoms with Crippen LogP contribution < -0.4 is 5.73 Å². The highest BCUT2D eigenvalue weighted by Gasteiger charge is 2.25. The van der Waals surface area contributed by atoms with Gasteiger partial charge in [0.2, 0.25) is 10.0 Å². The Morgan fingerprint density at radius 3 is 2.82 bits per heavy atom. The molecule has 1 rings (SSSR count). The van der Waals surface area contributed by atoms with Gasteiger partial charge >= 0.3 is 0 Å². The average Bonchev–Trinajstić information content (AvgIpc) is 2.26. The second-order valence-corrected chi connectivity index (χ2v) is 8.30. The number of sulfonamides is 1. The summed E-state index contributed by atoms with van der Waals surface area (Å²) in [7, 11) is -3.00. The van der Waals surface area contributed by atoms with Crippen LogP contribution in [0, 0.1) is 5.92 Å². The molecule has 1 heterocycles. The van der Waals surface area contributed by atoms with E-state index in [-0.39, 0.29) is 0 Å². The molecule has 0 aliphatic carbocycles. The van der Waals surface area contributed by atoms with Crippen LogP contribution in [-0.4, -0.2) is 49.6 Å². The van der Waals surface area contributed by atoms with Crippen LogP contribution in [0.1, 0.15) is 26.2 Å². The second-order valence-electron chi connectivity index (χ2n) is 4.85. The van der Waals surface area contributed by atoms with Crippen LogP contribution in [0.25, 0.3) is 0 Å². The summed E-state index contributed by atoms with van der Waals surface area (Å²) in [6.07, 6.45) is 4.48. The number of hydrogen-bond acceptors (Lipinski definition) is 4. The maximum Gasteiger partial charge on any atom is 0.211 e. The van der Waals surface area contributed by atoms with Crippen molar-refractivity contribution >= 4 is 21.8 Å². The van der Waals surface area contributed by atoms with Crippen LogP contribution in [0.15, 0.2) is 0 Å². The van der Waals surface area contributed by atoms with Gasteiger partial charge in [-0.05, 0) is 37.5 Å². The topological polar surface area (TPSA) is 63.4 Å². The molecule has 0 aromatic rings. The maximum absolute atomic E-state index is 11.5. The van der Waals surface area contributed by atoms with E-state index in [2.05, 4.69) is 6.92 Å². The van der Waals surface area contributed by atoms with Crippen molar-refractivity contribution in [1.82, 2.24) is 4.31 Å². The molecule has 2 atom stereocenters. The highest BCUT2D eigenvalue weighted by atomic mass is 32.2. The molecule has 1 aliphatic heterocycles. The molecule has 102 valence electrons. The molecule has 0 radical (unpaired) electrons. The quantitative estimate of drug-likeness (QED) is 0.792. The van der Waals surface area contributed by atoms with E-state index in [1.165, 1.54) is 6.26 Å². The summed E-state index contributed by atoms with van der Waals surface area (Å²) >= 11 is 1.92. The lowest BCUT2D eigenvalue weighted by atomic mass is 10.0. The van der Waals surface area contributed by atoms with E-state index in [0.29, 0.717) is 24.3 Å². The summed E-state index contributed by atoms with van der Waals surface area (Å²) < 4.78 is 24.6. The van der Waals surface area contributed by atoms with Gasteiger partial charge in [0.15, 0.2) is 0 Å². The molecule has 0 bridgehead atoms. The average molecular weight is 280 g/mol. The smallest absolute Gasteiger partial charge is 0.211 e. The molecule has 17 heavy (non-hydrogen) atoms. The minimum absolute atomic E-state index is 0.503. The predicted molar refractivity (Wildman–Crippen MR) is 74.7 cm³/mol. The number of thioether (sulfide) groups is 1. The van der Waals surface area contributed by atoms with Crippen molar-refractivity contribution in [2.75, 3.05) is 31.6 Å². The van der Waals surface area contributed by atoms with E-state index < -0.39 is 10.0 Å². The lowest BCUT2D eigenvalue weighted by molar-refractivity contribution is 0.286. The fraction of sp³-hybridized carbons (Fsp3) is 1.00. The molecule has 1 saturated heterocycles. The minimum atomic E-state index is -3.00. The Hall–Kier alpha value is 0.220. The zero-order valence-corrected chi connectivity index (χ0v) is 12.4. The molecule has 2 unspecified atom stereocenters. The van der Waals surface area contributed by atoms with Gasteiger partial charge in [0.05, 0.1) is 6.26 Å². The van der Waals surface area contributed by atoms with Crippen molar-refractivity contribution in [1.29, 1.82) is 0 Å². The third-order valence-corrected chi connectivity index (χ3v) is 5.88. The van der Waals surface area contributed by atoms with Crippen molar-refractivity contribution in [3.63, 3.8) is 0 Å². The van der Waals surface area contributed by atoms with Gasteiger partial charge in [0.25, 0.3) is 0 Å². The number of nitrogens with zero attached hydrogens (tertiary/aromatic N) is 1. The Kier molecular flexibility index (Phi) is 6.26. The number of nitrogens with two attached hydrogens (primary N) is 1. The van der Waals surface area contributed by atoms with Gasteiger partial charge in [-0.25, -0.2) is 12.7 Å². The molecule has 4 nitrogen and oxygen atoms in total. The van der Waals surface area contributed by atoms with Gasteiger partial charge in [-0.1, -0.05) is 6.92 Å². The Morgan fingerprint density at radius 1 is 1.53 bits per heavy atom. The van der Waals surface area contributed by atoms with Crippen LogP contribution in [0.2, 0.25) is 0 Å². The van der Waals surface area contributed by atoms with Crippen LogP contribution in [0.3, 0.4) is 0 Å². The molecule has 0 aromatic heterocycles. The maximum atomic E-state index is 11.5. The standard InChI is InChI=1S/C11H24N2O2S2/c1-10(5-6-12)16-9-11-4-3-7-13(8-11)17(2,14)15/h10-11H,3-9,12H2,1-2H3. The van der Waals surface area contributed by atoms with Crippen LogP contribution >= 0.6 is 11.8 Å². The summed E-state index contributed by atoms with van der Waals surface area (Å²) in [5.41, 5.74) is 5.52. The Morgan fingerprint density at radius 2 is 2.24 bits per heavy atom. The van der Waals surface area contributed by atoms with Crippen molar-refractivity contribution in [2.24, 2.45) is 11.7 Å². The van der Waals surface area contributed by atoms with E-state index in [9.17, 15) is 8.42 Å². The predicted octanol–water partition coefficient (Wildman–Crippen LogP) is 1.13. The Bertz CT molecular complexity index is 319. The first-order valence-electron chi connectivity index (χ1n) is 6.20. The molecule has 2 N–H and O–H groups in total. The van der Waals surface area contributed by atoms with Crippen molar-refractivity contribution in [3.05, 3.63) is 0 Å². The first-order chi connectivity index (χ1) is 7.93. The molecule has 1 fully saturated rings. The molecule has 0 saturated carbocycles. The first kappa shape index (κ1) is 15.3. The van der Waals surface area contributed by atoms with Crippen LogP contribution in [0.5, 0.6) is 0 Å². The van der Waals surface area contributed by atoms with Gasteiger partial charge in [-0.2, -0.15) is 11.8 Å². The van der Waals surface area contributed by atoms with Crippen molar-refractivity contribution in [3.8, 4) is 0 Å². The lowest BCUT2D eigenvalue weighted by Crippen LogP contribution is -2.40. The molecular formula is C11H24N2O2S2. The van der Waals surface area contributed by atoms with Gasteiger partial charge in [-0.3, -0.25) is 0 Å². The number of hydrogen-bond donors (Lipinski definition) is 1. The highest BCUT2D eigenvalue weighted by Crippen LogP contribution is 2.25. The number of piperidine rings is 1. The zero-order chi connectivity index (χ0) is 12.9. The van der Waals surface area contributed by atoms with Gasteiger partial charge < -0.3 is 5.73 Å². The van der Waals surface area contributed by atoms with Gasteiger partial charge in [-0.15, -0.1) is 0 Å². The summed E-state index contributed by atoms with van der Waals surface area (Å²) in [6.45, 7) is 4.31. The summed E-state index contributed by atoms with van der Waals surface area (Å²) in [6, 6.07) is 0. The van der Waals surface area contributed by atoms with E-state index in [4.69, 9.17) is 5.73 Å². The largest absolute Gasteiger partial charge is 0.330 e. The molecule has 1 aliphatic rings. The fourth-order valence-electron chi connectivity index (χ4n) is 2.08. The van der Waals surface area contributed by atoms with E-state index in [1.807, 2.05) is 11.8 Å². The van der Waals surface area contributed by atoms with E-state index in [0.717, 1.165) is 31.6 Å². The highest BCUT2D eigenvalue weighted by molar-refractivity contribution is 7.99. The van der Waals surface area contributed by atoms with Crippen molar-refractivity contribution in [2.45, 2.75) is 31.4 Å². The third-order valence-electron chi connectivity index (χ3n) is 3.14. The van der Waals surface area contributed by atoms with E-state index >= 15 is 0 Å². The fourth-order valence-corrected chi connectivity index (χ4v) is 4.20. The van der Waals surface area contributed by atoms with Crippen molar-refractivity contribution < 1.29 is 8.42 Å². The van der Waals surface area contributed by atoms with Crippen LogP contribution in [-0.2, 0) is 10.0 Å². The second kappa shape index (κ2) is 6.97. The van der Waals surface area contributed by atoms with Gasteiger partial charge in [0, 0.05) is 18.3 Å². The first-order valence-corrected chi connectivity index (χ1v) is 9.10. The van der Waals surface area contributed by atoms with E-state index in [1.54, 1.807) is 4.31 Å².